The third kappa shape index (κ3) is 2.81. The van der Waals surface area contributed by atoms with E-state index in [4.69, 9.17) is 11.0 Å². The van der Waals surface area contributed by atoms with Gasteiger partial charge in [-0.1, -0.05) is 12.1 Å². The first-order valence-electron chi connectivity index (χ1n) is 5.61. The lowest BCUT2D eigenvalue weighted by Crippen LogP contribution is -2.07. The van der Waals surface area contributed by atoms with Crippen molar-refractivity contribution < 1.29 is 0 Å². The second kappa shape index (κ2) is 5.75. The lowest BCUT2D eigenvalue weighted by molar-refractivity contribution is 0.870. The molecule has 1 aromatic carbocycles. The molecular weight excluding hydrogens is 226 g/mol. The molecule has 1 heterocycles. The molecule has 0 unspecified atom stereocenters. The van der Waals surface area contributed by atoms with Gasteiger partial charge in [-0.25, -0.2) is 9.97 Å². The van der Waals surface area contributed by atoms with Crippen LogP contribution in [-0.4, -0.2) is 16.5 Å². The maximum atomic E-state index is 9.00. The number of nitriles is 1. The summed E-state index contributed by atoms with van der Waals surface area (Å²) in [4.78, 5) is 8.44. The summed E-state index contributed by atoms with van der Waals surface area (Å²) in [6.45, 7) is 0.512. The summed E-state index contributed by atoms with van der Waals surface area (Å²) in [5, 5.41) is 12.1. The Kier molecular flexibility index (Phi) is 3.84. The van der Waals surface area contributed by atoms with Crippen LogP contribution >= 0.6 is 0 Å². The third-order valence-corrected chi connectivity index (χ3v) is 2.38. The van der Waals surface area contributed by atoms with Crippen molar-refractivity contribution in [2.75, 3.05) is 11.9 Å². The summed E-state index contributed by atoms with van der Waals surface area (Å²) < 4.78 is 0. The Labute approximate surface area is 105 Å². The minimum absolute atomic E-state index is 0.512. The number of benzene rings is 1. The first kappa shape index (κ1) is 12.0. The number of hydrogen-bond acceptors (Lipinski definition) is 5. The zero-order chi connectivity index (χ0) is 12.8. The lowest BCUT2D eigenvalue weighted by Gasteiger charge is -2.07. The van der Waals surface area contributed by atoms with Gasteiger partial charge in [-0.2, -0.15) is 5.26 Å². The minimum atomic E-state index is 0.512. The van der Waals surface area contributed by atoms with Crippen LogP contribution in [0, 0.1) is 11.3 Å². The van der Waals surface area contributed by atoms with Crippen molar-refractivity contribution in [2.45, 2.75) is 6.42 Å². The van der Waals surface area contributed by atoms with Gasteiger partial charge in [-0.3, -0.25) is 0 Å². The van der Waals surface area contributed by atoms with Gasteiger partial charge in [0, 0.05) is 12.6 Å². The number of nitrogens with two attached hydrogens (primary N) is 1. The van der Waals surface area contributed by atoms with Crippen LogP contribution in [0.2, 0.25) is 0 Å². The third-order valence-electron chi connectivity index (χ3n) is 2.38. The van der Waals surface area contributed by atoms with Crippen LogP contribution in [0.1, 0.15) is 11.4 Å². The van der Waals surface area contributed by atoms with E-state index < -0.39 is 0 Å². The highest BCUT2D eigenvalue weighted by molar-refractivity contribution is 5.64. The molecule has 0 aliphatic heterocycles. The largest absolute Gasteiger partial charge is 0.339 e. The van der Waals surface area contributed by atoms with Gasteiger partial charge >= 0.3 is 0 Å². The first-order valence-corrected chi connectivity index (χ1v) is 5.61. The smallest absolute Gasteiger partial charge is 0.134 e. The minimum Gasteiger partial charge on any atom is -0.339 e. The van der Waals surface area contributed by atoms with Gasteiger partial charge in [0.2, 0.25) is 0 Å². The zero-order valence-corrected chi connectivity index (χ0v) is 9.80. The highest BCUT2D eigenvalue weighted by Gasteiger charge is 2.03. The molecule has 2 rings (SSSR count). The summed E-state index contributed by atoms with van der Waals surface area (Å²) >= 11 is 0. The molecule has 90 valence electrons. The van der Waals surface area contributed by atoms with E-state index in [9.17, 15) is 0 Å². The highest BCUT2D eigenvalue weighted by atomic mass is 15.0. The topological polar surface area (TPSA) is 87.6 Å². The Morgan fingerprint density at radius 1 is 1.28 bits per heavy atom. The maximum absolute atomic E-state index is 9.00. The van der Waals surface area contributed by atoms with Crippen LogP contribution in [0.25, 0.3) is 0 Å². The number of para-hydroxylation sites is 1. The van der Waals surface area contributed by atoms with Crippen molar-refractivity contribution >= 4 is 11.5 Å². The van der Waals surface area contributed by atoms with Gasteiger partial charge in [0.05, 0.1) is 11.3 Å². The predicted molar refractivity (Wildman–Crippen MR) is 69.2 cm³/mol. The second-order valence-electron chi connectivity index (χ2n) is 3.68. The normalized spacial score (nSPS) is 9.78. The molecule has 0 saturated heterocycles. The molecular formula is C13H13N5. The molecule has 5 nitrogen and oxygen atoms in total. The molecule has 0 amide bonds. The summed E-state index contributed by atoms with van der Waals surface area (Å²) in [5.41, 5.74) is 6.78. The number of anilines is 2. The molecule has 0 aliphatic rings. The highest BCUT2D eigenvalue weighted by Crippen LogP contribution is 2.18. The molecule has 0 bridgehead atoms. The van der Waals surface area contributed by atoms with Crippen molar-refractivity contribution in [1.82, 2.24) is 9.97 Å². The van der Waals surface area contributed by atoms with Gasteiger partial charge in [0.25, 0.3) is 0 Å². The number of rotatable bonds is 4. The number of nitrogens with one attached hydrogen (secondary N) is 1. The van der Waals surface area contributed by atoms with Crippen LogP contribution in [0.4, 0.5) is 11.5 Å². The molecule has 3 N–H and O–H groups in total. The molecule has 0 aliphatic carbocycles. The summed E-state index contributed by atoms with van der Waals surface area (Å²) in [5.74, 6) is 1.35. The van der Waals surface area contributed by atoms with E-state index in [1.807, 2.05) is 18.2 Å². The molecule has 18 heavy (non-hydrogen) atoms. The van der Waals surface area contributed by atoms with E-state index in [1.54, 1.807) is 18.3 Å². The van der Waals surface area contributed by atoms with Crippen LogP contribution in [0.3, 0.4) is 0 Å². The monoisotopic (exact) mass is 239 g/mol. The molecule has 0 spiro atoms. The van der Waals surface area contributed by atoms with Crippen LogP contribution in [-0.2, 0) is 6.42 Å². The van der Waals surface area contributed by atoms with Gasteiger partial charge in [0.15, 0.2) is 0 Å². The van der Waals surface area contributed by atoms with Crippen molar-refractivity contribution in [2.24, 2.45) is 5.73 Å². The van der Waals surface area contributed by atoms with Crippen molar-refractivity contribution in [3.63, 3.8) is 0 Å². The van der Waals surface area contributed by atoms with Gasteiger partial charge < -0.3 is 11.1 Å². The van der Waals surface area contributed by atoms with Gasteiger partial charge in [-0.05, 0) is 24.7 Å². The summed E-state index contributed by atoms with van der Waals surface area (Å²) in [6.07, 6.45) is 2.31. The quantitative estimate of drug-likeness (QED) is 0.846. The molecule has 5 heteroatoms. The Balaban J connectivity index is 2.23. The average molecular weight is 239 g/mol. The Morgan fingerprint density at radius 2 is 2.11 bits per heavy atom. The Bertz CT molecular complexity index is 574. The van der Waals surface area contributed by atoms with E-state index in [0.717, 1.165) is 5.69 Å². The number of hydrogen-bond donors (Lipinski definition) is 2. The predicted octanol–water partition coefficient (Wildman–Crippen LogP) is 1.59. The number of aromatic nitrogens is 2. The summed E-state index contributed by atoms with van der Waals surface area (Å²) in [7, 11) is 0. The zero-order valence-electron chi connectivity index (χ0n) is 9.80. The lowest BCUT2D eigenvalue weighted by atomic mass is 10.2. The van der Waals surface area contributed by atoms with E-state index in [-0.39, 0.29) is 0 Å². The van der Waals surface area contributed by atoms with Gasteiger partial charge in [0.1, 0.15) is 17.7 Å². The fourth-order valence-corrected chi connectivity index (χ4v) is 1.55. The van der Waals surface area contributed by atoms with E-state index in [0.29, 0.717) is 30.2 Å². The average Bonchev–Trinajstić information content (AvgIpc) is 2.40. The first-order chi connectivity index (χ1) is 8.83. The second-order valence-corrected chi connectivity index (χ2v) is 3.68. The summed E-state index contributed by atoms with van der Waals surface area (Å²) in [6, 6.07) is 11.2. The van der Waals surface area contributed by atoms with Crippen molar-refractivity contribution in [3.8, 4) is 6.07 Å². The van der Waals surface area contributed by atoms with Crippen LogP contribution in [0.15, 0.2) is 36.5 Å². The van der Waals surface area contributed by atoms with Crippen LogP contribution in [0.5, 0.6) is 0 Å². The van der Waals surface area contributed by atoms with E-state index >= 15 is 0 Å². The van der Waals surface area contributed by atoms with Crippen molar-refractivity contribution in [3.05, 3.63) is 47.9 Å². The fraction of sp³-hybridized carbons (Fsp3) is 0.154. The molecule has 0 radical (unpaired) electrons. The van der Waals surface area contributed by atoms with E-state index in [1.165, 1.54) is 0 Å². The maximum Gasteiger partial charge on any atom is 0.134 e. The van der Waals surface area contributed by atoms with Crippen LogP contribution < -0.4 is 11.1 Å². The molecule has 2 aromatic rings. The van der Waals surface area contributed by atoms with Gasteiger partial charge in [-0.15, -0.1) is 0 Å². The van der Waals surface area contributed by atoms with E-state index in [2.05, 4.69) is 21.4 Å². The SMILES string of the molecule is N#Cc1ccccc1Nc1ccnc(CCN)n1. The molecule has 0 saturated carbocycles. The Morgan fingerprint density at radius 3 is 2.89 bits per heavy atom. The standard InChI is InChI=1S/C13H13N5/c14-7-5-12-16-8-6-13(18-12)17-11-4-2-1-3-10(11)9-15/h1-4,6,8H,5,7,14H2,(H,16,17,18). The molecule has 1 aromatic heterocycles. The molecule has 0 fully saturated rings. The fourth-order valence-electron chi connectivity index (χ4n) is 1.55. The molecule has 0 atom stereocenters. The van der Waals surface area contributed by atoms with Crippen molar-refractivity contribution in [1.29, 1.82) is 5.26 Å². The number of nitrogens with zero attached hydrogens (tertiary/aromatic N) is 3. The Hall–Kier alpha value is -2.45.